The average Bonchev–Trinajstić information content (AvgIpc) is 2.62. The summed E-state index contributed by atoms with van der Waals surface area (Å²) in [5.74, 6) is 2.38. The van der Waals surface area contributed by atoms with Crippen LogP contribution >= 0.6 is 27.7 Å². The third-order valence-electron chi connectivity index (χ3n) is 3.63. The van der Waals surface area contributed by atoms with E-state index in [1.165, 1.54) is 11.1 Å². The molecule has 0 saturated heterocycles. The van der Waals surface area contributed by atoms with E-state index in [0.29, 0.717) is 18.9 Å². The van der Waals surface area contributed by atoms with Gasteiger partial charge >= 0.3 is 0 Å². The fourth-order valence-electron chi connectivity index (χ4n) is 2.41. The Hall–Kier alpha value is -1.46. The molecule has 25 heavy (non-hydrogen) atoms. The number of aryl methyl sites for hydroxylation is 1. The van der Waals surface area contributed by atoms with Crippen molar-refractivity contribution in [3.63, 3.8) is 0 Å². The average molecular weight is 422 g/mol. The van der Waals surface area contributed by atoms with E-state index < -0.39 is 0 Å². The first-order chi connectivity index (χ1) is 12.2. The maximum Gasteiger partial charge on any atom is 0.230 e. The van der Waals surface area contributed by atoms with Crippen LogP contribution < -0.4 is 10.1 Å². The summed E-state index contributed by atoms with van der Waals surface area (Å²) in [6.45, 7) is 3.35. The number of thioether (sulfide) groups is 1. The summed E-state index contributed by atoms with van der Waals surface area (Å²) in [7, 11) is 0. The van der Waals surface area contributed by atoms with Crippen molar-refractivity contribution in [3.8, 4) is 5.75 Å². The minimum Gasteiger partial charge on any atom is -0.494 e. The molecule has 2 aromatic carbocycles. The molecule has 0 fully saturated rings. The maximum absolute atomic E-state index is 11.9. The lowest BCUT2D eigenvalue weighted by molar-refractivity contribution is -0.118. The molecule has 0 aliphatic carbocycles. The van der Waals surface area contributed by atoms with Gasteiger partial charge < -0.3 is 10.1 Å². The van der Waals surface area contributed by atoms with Crippen LogP contribution in [-0.4, -0.2) is 24.8 Å². The summed E-state index contributed by atoms with van der Waals surface area (Å²) < 4.78 is 6.70. The molecule has 0 atom stereocenters. The molecule has 5 heteroatoms. The van der Waals surface area contributed by atoms with Crippen LogP contribution in [0.25, 0.3) is 0 Å². The van der Waals surface area contributed by atoms with Crippen LogP contribution in [0.1, 0.15) is 24.5 Å². The Bertz CT molecular complexity index is 661. The van der Waals surface area contributed by atoms with Gasteiger partial charge in [0.15, 0.2) is 0 Å². The van der Waals surface area contributed by atoms with Crippen LogP contribution in [-0.2, 0) is 17.0 Å². The minimum absolute atomic E-state index is 0.0974. The van der Waals surface area contributed by atoms with E-state index in [1.54, 1.807) is 11.8 Å². The van der Waals surface area contributed by atoms with Crippen LogP contribution in [0.15, 0.2) is 53.0 Å². The van der Waals surface area contributed by atoms with E-state index in [0.717, 1.165) is 28.8 Å². The van der Waals surface area contributed by atoms with Crippen molar-refractivity contribution in [2.75, 3.05) is 18.9 Å². The topological polar surface area (TPSA) is 38.3 Å². The number of carbonyl (C=O) groups excluding carboxylic acids is 1. The van der Waals surface area contributed by atoms with E-state index in [9.17, 15) is 4.79 Å². The van der Waals surface area contributed by atoms with Crippen LogP contribution in [0.4, 0.5) is 0 Å². The zero-order chi connectivity index (χ0) is 17.9. The molecular weight excluding hydrogens is 398 g/mol. The van der Waals surface area contributed by atoms with E-state index in [2.05, 4.69) is 39.4 Å². The monoisotopic (exact) mass is 421 g/mol. The normalized spacial score (nSPS) is 10.5. The van der Waals surface area contributed by atoms with Gasteiger partial charge in [0, 0.05) is 16.8 Å². The molecule has 0 heterocycles. The molecule has 0 unspecified atom stereocenters. The highest BCUT2D eigenvalue weighted by Gasteiger charge is 2.04. The second-order valence-corrected chi connectivity index (χ2v) is 7.51. The smallest absolute Gasteiger partial charge is 0.230 e. The van der Waals surface area contributed by atoms with Crippen molar-refractivity contribution in [2.45, 2.75) is 25.5 Å². The van der Waals surface area contributed by atoms with E-state index in [-0.39, 0.29) is 5.91 Å². The Morgan fingerprint density at radius 2 is 1.92 bits per heavy atom. The first kappa shape index (κ1) is 19.9. The number of para-hydroxylation sites is 1. The van der Waals surface area contributed by atoms with E-state index >= 15 is 0 Å². The Morgan fingerprint density at radius 1 is 1.16 bits per heavy atom. The number of halogens is 1. The zero-order valence-corrected chi connectivity index (χ0v) is 16.9. The molecule has 2 aromatic rings. The van der Waals surface area contributed by atoms with Gasteiger partial charge in [-0.25, -0.2) is 0 Å². The summed E-state index contributed by atoms with van der Waals surface area (Å²) >= 11 is 5.06. The van der Waals surface area contributed by atoms with Crippen LogP contribution in [0.2, 0.25) is 0 Å². The predicted molar refractivity (Wildman–Crippen MR) is 109 cm³/mol. The Kier molecular flexibility index (Phi) is 8.91. The standard InChI is InChI=1S/C20H24BrNO2S/c1-2-24-19-8-4-3-6-17(19)7-5-13-22-20(23)15-25-14-16-9-11-18(21)12-10-16/h3-4,6,8-12H,2,5,7,13-15H2,1H3,(H,22,23). The van der Waals surface area contributed by atoms with Crippen molar-refractivity contribution < 1.29 is 9.53 Å². The number of benzene rings is 2. The van der Waals surface area contributed by atoms with Crippen molar-refractivity contribution in [3.05, 3.63) is 64.1 Å². The van der Waals surface area contributed by atoms with Gasteiger partial charge in [-0.2, -0.15) is 0 Å². The molecule has 1 amide bonds. The summed E-state index contributed by atoms with van der Waals surface area (Å²) in [5.41, 5.74) is 2.43. The summed E-state index contributed by atoms with van der Waals surface area (Å²) in [6.07, 6.45) is 1.82. The molecule has 3 nitrogen and oxygen atoms in total. The first-order valence-corrected chi connectivity index (χ1v) is 10.4. The lowest BCUT2D eigenvalue weighted by Crippen LogP contribution is -2.26. The summed E-state index contributed by atoms with van der Waals surface area (Å²) in [4.78, 5) is 11.9. The number of amides is 1. The Balaban J connectivity index is 1.61. The highest BCUT2D eigenvalue weighted by Crippen LogP contribution is 2.19. The number of rotatable bonds is 10. The van der Waals surface area contributed by atoms with Gasteiger partial charge in [0.1, 0.15) is 5.75 Å². The number of hydrogen-bond donors (Lipinski definition) is 1. The Labute approximate surface area is 162 Å². The van der Waals surface area contributed by atoms with Gasteiger partial charge in [0.2, 0.25) is 5.91 Å². The molecule has 134 valence electrons. The lowest BCUT2D eigenvalue weighted by atomic mass is 10.1. The van der Waals surface area contributed by atoms with Crippen LogP contribution in [0.3, 0.4) is 0 Å². The third kappa shape index (κ3) is 7.53. The zero-order valence-electron chi connectivity index (χ0n) is 14.5. The van der Waals surface area contributed by atoms with Gasteiger partial charge in [-0.15, -0.1) is 11.8 Å². The number of ether oxygens (including phenoxy) is 1. The fourth-order valence-corrected chi connectivity index (χ4v) is 3.49. The first-order valence-electron chi connectivity index (χ1n) is 8.48. The van der Waals surface area contributed by atoms with Gasteiger partial charge in [0.25, 0.3) is 0 Å². The molecule has 0 aliphatic heterocycles. The molecule has 0 radical (unpaired) electrons. The SMILES string of the molecule is CCOc1ccccc1CCCNC(=O)CSCc1ccc(Br)cc1. The quantitative estimate of drug-likeness (QED) is 0.558. The van der Waals surface area contributed by atoms with Gasteiger partial charge in [-0.05, 0) is 49.1 Å². The minimum atomic E-state index is 0.0974. The van der Waals surface area contributed by atoms with Crippen LogP contribution in [0, 0.1) is 0 Å². The second kappa shape index (κ2) is 11.2. The largest absolute Gasteiger partial charge is 0.494 e. The fraction of sp³-hybridized carbons (Fsp3) is 0.350. The van der Waals surface area contributed by atoms with Crippen molar-refractivity contribution in [2.24, 2.45) is 0 Å². The van der Waals surface area contributed by atoms with Gasteiger partial charge in [-0.3, -0.25) is 4.79 Å². The molecule has 1 N–H and O–H groups in total. The molecule has 0 saturated carbocycles. The highest BCUT2D eigenvalue weighted by molar-refractivity contribution is 9.10. The van der Waals surface area contributed by atoms with E-state index in [4.69, 9.17) is 4.74 Å². The predicted octanol–water partition coefficient (Wildman–Crippen LogP) is 4.83. The van der Waals surface area contributed by atoms with Crippen LogP contribution in [0.5, 0.6) is 5.75 Å². The summed E-state index contributed by atoms with van der Waals surface area (Å²) in [5, 5.41) is 2.99. The maximum atomic E-state index is 11.9. The second-order valence-electron chi connectivity index (χ2n) is 5.61. The number of hydrogen-bond acceptors (Lipinski definition) is 3. The van der Waals surface area contributed by atoms with Gasteiger partial charge in [0.05, 0.1) is 12.4 Å². The number of carbonyl (C=O) groups is 1. The van der Waals surface area contributed by atoms with Crippen molar-refractivity contribution >= 4 is 33.6 Å². The Morgan fingerprint density at radius 3 is 2.68 bits per heavy atom. The summed E-state index contributed by atoms with van der Waals surface area (Å²) in [6, 6.07) is 16.3. The van der Waals surface area contributed by atoms with Gasteiger partial charge in [-0.1, -0.05) is 46.3 Å². The highest BCUT2D eigenvalue weighted by atomic mass is 79.9. The molecule has 0 aromatic heterocycles. The lowest BCUT2D eigenvalue weighted by Gasteiger charge is -2.10. The van der Waals surface area contributed by atoms with Crippen molar-refractivity contribution in [1.29, 1.82) is 0 Å². The molecule has 2 rings (SSSR count). The van der Waals surface area contributed by atoms with Crippen molar-refractivity contribution in [1.82, 2.24) is 5.32 Å². The third-order valence-corrected chi connectivity index (χ3v) is 5.17. The van der Waals surface area contributed by atoms with E-state index in [1.807, 2.05) is 37.3 Å². The molecular formula is C20H24BrNO2S. The molecule has 0 aliphatic rings. The number of nitrogens with one attached hydrogen (secondary N) is 1. The molecule has 0 bridgehead atoms. The molecule has 0 spiro atoms.